The maximum absolute atomic E-state index is 13.4. The van der Waals surface area contributed by atoms with Gasteiger partial charge in [-0.1, -0.05) is 44.2 Å². The van der Waals surface area contributed by atoms with Gasteiger partial charge in [0.1, 0.15) is 0 Å². The molecule has 2 saturated heterocycles. The lowest BCUT2D eigenvalue weighted by Crippen LogP contribution is -2.39. The summed E-state index contributed by atoms with van der Waals surface area (Å²) in [5.41, 5.74) is 6.01. The van der Waals surface area contributed by atoms with E-state index < -0.39 is 0 Å². The molecule has 0 saturated carbocycles. The summed E-state index contributed by atoms with van der Waals surface area (Å²) in [6.07, 6.45) is 8.80. The Bertz CT molecular complexity index is 1330. The Balaban J connectivity index is 1.14. The molecule has 0 unspecified atom stereocenters. The monoisotopic (exact) mass is 555 g/mol. The third-order valence-electron chi connectivity index (χ3n) is 8.93. The fourth-order valence-electron chi connectivity index (χ4n) is 6.10. The first-order valence-corrected chi connectivity index (χ1v) is 15.3. The number of benzene rings is 2. The molecular weight excluding hydrogens is 510 g/mol. The number of nitrogens with zero attached hydrogens (tertiary/aromatic N) is 4. The lowest BCUT2D eigenvalue weighted by atomic mass is 9.88. The van der Waals surface area contributed by atoms with E-state index in [-0.39, 0.29) is 17.7 Å². The number of amides is 2. The predicted octanol–water partition coefficient (Wildman–Crippen LogP) is 6.11. The van der Waals surface area contributed by atoms with Gasteiger partial charge < -0.3 is 15.1 Å². The molecule has 0 spiro atoms. The van der Waals surface area contributed by atoms with Gasteiger partial charge in [-0.15, -0.1) is 0 Å². The van der Waals surface area contributed by atoms with Crippen LogP contribution in [-0.4, -0.2) is 64.1 Å². The standard InChI is InChI=1S/C34H45N5O2/c1-24(2)11-16-38-17-12-29(13-18-38)33(40)36-32-21-30(6-5-25(32)3)34(41)39-19-14-28(15-20-39)26-7-9-27(10-8-26)31-22-35-37(4)23-31/h5-10,21-24,28-29H,11-20H2,1-4H3,(H,36,40). The smallest absolute Gasteiger partial charge is 0.253 e. The van der Waals surface area contributed by atoms with Crippen LogP contribution in [0.3, 0.4) is 0 Å². The van der Waals surface area contributed by atoms with Crippen molar-refractivity contribution in [2.75, 3.05) is 38.0 Å². The second-order valence-corrected chi connectivity index (χ2v) is 12.4. The molecule has 0 aliphatic carbocycles. The number of piperidine rings is 2. The van der Waals surface area contributed by atoms with Crippen LogP contribution in [0, 0.1) is 18.8 Å². The molecule has 7 nitrogen and oxygen atoms in total. The van der Waals surface area contributed by atoms with Crippen LogP contribution in [0.4, 0.5) is 5.69 Å². The minimum absolute atomic E-state index is 0.0292. The van der Waals surface area contributed by atoms with Crippen LogP contribution in [0.15, 0.2) is 54.9 Å². The quantitative estimate of drug-likeness (QED) is 0.364. The maximum Gasteiger partial charge on any atom is 0.253 e. The number of hydrogen-bond donors (Lipinski definition) is 1. The Kier molecular flexibility index (Phi) is 9.23. The molecule has 41 heavy (non-hydrogen) atoms. The number of carbonyl (C=O) groups excluding carboxylic acids is 2. The van der Waals surface area contributed by atoms with Crippen LogP contribution in [0.5, 0.6) is 0 Å². The molecule has 7 heteroatoms. The molecule has 3 aromatic rings. The van der Waals surface area contributed by atoms with Crippen LogP contribution < -0.4 is 5.32 Å². The maximum atomic E-state index is 13.4. The normalized spacial score (nSPS) is 17.2. The topological polar surface area (TPSA) is 70.5 Å². The Morgan fingerprint density at radius 3 is 2.29 bits per heavy atom. The molecule has 0 bridgehead atoms. The van der Waals surface area contributed by atoms with Gasteiger partial charge in [0, 0.05) is 49.1 Å². The third kappa shape index (κ3) is 7.25. The zero-order valence-electron chi connectivity index (χ0n) is 25.1. The van der Waals surface area contributed by atoms with Crippen molar-refractivity contribution in [2.24, 2.45) is 18.9 Å². The summed E-state index contributed by atoms with van der Waals surface area (Å²) in [5, 5.41) is 7.43. The van der Waals surface area contributed by atoms with Crippen LogP contribution in [0.25, 0.3) is 11.1 Å². The third-order valence-corrected chi connectivity index (χ3v) is 8.93. The Morgan fingerprint density at radius 1 is 0.951 bits per heavy atom. The van der Waals surface area contributed by atoms with Crippen LogP contribution in [-0.2, 0) is 11.8 Å². The molecule has 1 aromatic heterocycles. The SMILES string of the molecule is Cc1ccc(C(=O)N2CCC(c3ccc(-c4cnn(C)c4)cc3)CC2)cc1NC(=O)C1CCN(CCC(C)C)CC1. The van der Waals surface area contributed by atoms with Crippen LogP contribution in [0.1, 0.15) is 73.4 Å². The minimum atomic E-state index is 0.0292. The summed E-state index contributed by atoms with van der Waals surface area (Å²) in [4.78, 5) is 31.0. The number of carbonyl (C=O) groups is 2. The molecule has 2 aromatic carbocycles. The van der Waals surface area contributed by atoms with E-state index in [2.05, 4.69) is 53.4 Å². The Morgan fingerprint density at radius 2 is 1.66 bits per heavy atom. The summed E-state index contributed by atoms with van der Waals surface area (Å²) < 4.78 is 1.82. The van der Waals surface area contributed by atoms with E-state index in [4.69, 9.17) is 0 Å². The van der Waals surface area contributed by atoms with Gasteiger partial charge in [0.15, 0.2) is 0 Å². The van der Waals surface area contributed by atoms with Gasteiger partial charge in [-0.3, -0.25) is 14.3 Å². The number of rotatable bonds is 8. The van der Waals surface area contributed by atoms with Gasteiger partial charge in [-0.05, 0) is 99.3 Å². The first kappa shape index (κ1) is 29.1. The second-order valence-electron chi connectivity index (χ2n) is 12.4. The molecule has 5 rings (SSSR count). The Labute approximate surface area is 244 Å². The molecule has 0 atom stereocenters. The van der Waals surface area contributed by atoms with E-state index in [1.807, 2.05) is 54.1 Å². The zero-order chi connectivity index (χ0) is 28.9. The highest BCUT2D eigenvalue weighted by Gasteiger charge is 2.27. The second kappa shape index (κ2) is 13.0. The number of hydrogen-bond acceptors (Lipinski definition) is 4. The van der Waals surface area contributed by atoms with Gasteiger partial charge in [0.25, 0.3) is 5.91 Å². The number of nitrogens with one attached hydrogen (secondary N) is 1. The van der Waals surface area contributed by atoms with E-state index in [9.17, 15) is 9.59 Å². The first-order valence-electron chi connectivity index (χ1n) is 15.3. The average molecular weight is 556 g/mol. The van der Waals surface area contributed by atoms with Crippen LogP contribution in [0.2, 0.25) is 0 Å². The zero-order valence-corrected chi connectivity index (χ0v) is 25.1. The van der Waals surface area contributed by atoms with Gasteiger partial charge >= 0.3 is 0 Å². The lowest BCUT2D eigenvalue weighted by molar-refractivity contribution is -0.121. The largest absolute Gasteiger partial charge is 0.339 e. The van der Waals surface area contributed by atoms with Crippen molar-refractivity contribution in [1.29, 1.82) is 0 Å². The summed E-state index contributed by atoms with van der Waals surface area (Å²) in [7, 11) is 1.93. The lowest BCUT2D eigenvalue weighted by Gasteiger charge is -2.33. The first-order chi connectivity index (χ1) is 19.8. The fraction of sp³-hybridized carbons (Fsp3) is 0.500. The molecule has 1 N–H and O–H groups in total. The van der Waals surface area contributed by atoms with Crippen molar-refractivity contribution in [1.82, 2.24) is 19.6 Å². The van der Waals surface area contributed by atoms with Gasteiger partial charge in [-0.2, -0.15) is 5.10 Å². The summed E-state index contributed by atoms with van der Waals surface area (Å²) in [5.74, 6) is 1.31. The van der Waals surface area contributed by atoms with Gasteiger partial charge in [-0.25, -0.2) is 0 Å². The van der Waals surface area contributed by atoms with Gasteiger partial charge in [0.05, 0.1) is 6.20 Å². The fourth-order valence-corrected chi connectivity index (χ4v) is 6.10. The van der Waals surface area contributed by atoms with E-state index in [1.54, 1.807) is 0 Å². The summed E-state index contributed by atoms with van der Waals surface area (Å²) >= 11 is 0. The molecule has 0 radical (unpaired) electrons. The predicted molar refractivity (Wildman–Crippen MR) is 165 cm³/mol. The van der Waals surface area contributed by atoms with Crippen molar-refractivity contribution in [3.8, 4) is 11.1 Å². The molecule has 2 amide bonds. The van der Waals surface area contributed by atoms with E-state index in [0.717, 1.165) is 75.2 Å². The molecule has 2 aliphatic heterocycles. The molecular formula is C34H45N5O2. The van der Waals surface area contributed by atoms with Crippen molar-refractivity contribution < 1.29 is 9.59 Å². The highest BCUT2D eigenvalue weighted by Crippen LogP contribution is 2.31. The average Bonchev–Trinajstić information content (AvgIpc) is 3.43. The van der Waals surface area contributed by atoms with E-state index in [0.29, 0.717) is 17.4 Å². The minimum Gasteiger partial charge on any atom is -0.339 e. The highest BCUT2D eigenvalue weighted by atomic mass is 16.2. The number of likely N-dealkylation sites (tertiary alicyclic amines) is 2. The summed E-state index contributed by atoms with van der Waals surface area (Å²) in [6.45, 7) is 11.0. The van der Waals surface area contributed by atoms with Crippen LogP contribution >= 0.6 is 0 Å². The number of anilines is 1. The van der Waals surface area contributed by atoms with Gasteiger partial charge in [0.2, 0.25) is 5.91 Å². The number of aromatic nitrogens is 2. The summed E-state index contributed by atoms with van der Waals surface area (Å²) in [6, 6.07) is 14.5. The number of aryl methyl sites for hydroxylation is 2. The van der Waals surface area contributed by atoms with Crippen molar-refractivity contribution in [3.63, 3.8) is 0 Å². The molecule has 3 heterocycles. The van der Waals surface area contributed by atoms with Crippen molar-refractivity contribution >= 4 is 17.5 Å². The van der Waals surface area contributed by atoms with E-state index in [1.165, 1.54) is 17.5 Å². The molecule has 218 valence electrons. The Hall–Kier alpha value is -3.45. The highest BCUT2D eigenvalue weighted by molar-refractivity contribution is 5.98. The van der Waals surface area contributed by atoms with E-state index >= 15 is 0 Å². The van der Waals surface area contributed by atoms with Crippen molar-refractivity contribution in [3.05, 3.63) is 71.5 Å². The molecule has 2 aliphatic rings. The van der Waals surface area contributed by atoms with Crippen molar-refractivity contribution in [2.45, 2.75) is 58.8 Å². The molecule has 2 fully saturated rings.